The number of aliphatic hydroxyl groups is 8. The smallest absolute Gasteiger partial charge is 0.220 e. The first-order valence-corrected chi connectivity index (χ1v) is 27.2. The van der Waals surface area contributed by atoms with Crippen molar-refractivity contribution < 1.29 is 64.6 Å². The van der Waals surface area contributed by atoms with Crippen molar-refractivity contribution in [2.45, 2.75) is 280 Å². The summed E-state index contributed by atoms with van der Waals surface area (Å²) in [6.45, 7) is 2.77. The summed E-state index contributed by atoms with van der Waals surface area (Å²) in [6, 6.07) is -0.921. The topological polar surface area (TPSA) is 228 Å². The molecule has 2 rings (SSSR count). The van der Waals surface area contributed by atoms with Crippen molar-refractivity contribution in [2.24, 2.45) is 0 Å². The zero-order chi connectivity index (χ0) is 49.6. The van der Waals surface area contributed by atoms with E-state index in [0.717, 1.165) is 64.2 Å². The standard InChI is InChI=1S/C54H99NO13/c1-3-5-7-9-11-13-15-17-19-21-22-23-25-27-29-31-33-35-37-43(58)42(55-46(59)38-36-34-32-30-28-26-24-20-18-16-14-12-10-8-6-4-2)41-65-53-51(64)49(62)52(45(40-57)67-53)68-54-50(63)48(61)47(60)44(39-56)66-54/h14,16,20,24,35,37,42-45,47-54,56-58,60-64H,3-13,15,17-19,21-23,25-34,36,38-41H2,1-2H3,(H,55,59)/b16-14-,24-20-,37-35+. The molecule has 2 aliphatic heterocycles. The third-order valence-electron chi connectivity index (χ3n) is 13.3. The van der Waals surface area contributed by atoms with Crippen molar-refractivity contribution in [1.29, 1.82) is 0 Å². The quantitative estimate of drug-likeness (QED) is 0.0210. The lowest BCUT2D eigenvalue weighted by Gasteiger charge is -2.46. The minimum absolute atomic E-state index is 0.253. The Kier molecular flexibility index (Phi) is 37.4. The first kappa shape index (κ1) is 62.3. The maximum Gasteiger partial charge on any atom is 0.220 e. The zero-order valence-corrected chi connectivity index (χ0v) is 42.3. The Hall–Kier alpha value is -1.79. The van der Waals surface area contributed by atoms with Gasteiger partial charge in [-0.15, -0.1) is 0 Å². The van der Waals surface area contributed by atoms with Gasteiger partial charge in [0.2, 0.25) is 5.91 Å². The van der Waals surface area contributed by atoms with Crippen molar-refractivity contribution in [2.75, 3.05) is 19.8 Å². The molecule has 2 heterocycles. The Labute approximate surface area is 411 Å². The van der Waals surface area contributed by atoms with Crippen molar-refractivity contribution in [3.63, 3.8) is 0 Å². The third kappa shape index (κ3) is 27.1. The van der Waals surface area contributed by atoms with E-state index in [2.05, 4.69) is 43.5 Å². The van der Waals surface area contributed by atoms with E-state index in [1.54, 1.807) is 6.08 Å². The number of amides is 1. The summed E-state index contributed by atoms with van der Waals surface area (Å²) in [4.78, 5) is 13.2. The van der Waals surface area contributed by atoms with Crippen LogP contribution in [0.4, 0.5) is 0 Å². The Balaban J connectivity index is 1.83. The lowest BCUT2D eigenvalue weighted by atomic mass is 9.97. The van der Waals surface area contributed by atoms with Crippen molar-refractivity contribution in [1.82, 2.24) is 5.32 Å². The first-order valence-electron chi connectivity index (χ1n) is 27.2. The fourth-order valence-electron chi connectivity index (χ4n) is 8.85. The van der Waals surface area contributed by atoms with Crippen LogP contribution in [0.1, 0.15) is 206 Å². The molecule has 0 saturated carbocycles. The van der Waals surface area contributed by atoms with Crippen LogP contribution >= 0.6 is 0 Å². The van der Waals surface area contributed by atoms with Crippen LogP contribution in [0.15, 0.2) is 36.5 Å². The monoisotopic (exact) mass is 970 g/mol. The number of ether oxygens (including phenoxy) is 4. The van der Waals surface area contributed by atoms with Gasteiger partial charge in [0.1, 0.15) is 48.8 Å². The Bertz CT molecular complexity index is 1280. The molecule has 1 amide bonds. The molecule has 14 heteroatoms. The molecule has 2 fully saturated rings. The molecule has 0 radical (unpaired) electrons. The number of hydrogen-bond donors (Lipinski definition) is 9. The average Bonchev–Trinajstić information content (AvgIpc) is 3.34. The molecule has 0 aliphatic carbocycles. The number of carbonyl (C=O) groups excluding carboxylic acids is 1. The van der Waals surface area contributed by atoms with Crippen LogP contribution in [0, 0.1) is 0 Å². The van der Waals surface area contributed by atoms with Gasteiger partial charge in [-0.1, -0.05) is 185 Å². The van der Waals surface area contributed by atoms with E-state index >= 15 is 0 Å². The van der Waals surface area contributed by atoms with Crippen LogP contribution in [0.3, 0.4) is 0 Å². The van der Waals surface area contributed by atoms with Crippen molar-refractivity contribution in [3.8, 4) is 0 Å². The number of rotatable bonds is 42. The molecule has 0 aromatic heterocycles. The minimum Gasteiger partial charge on any atom is -0.394 e. The second-order valence-electron chi connectivity index (χ2n) is 19.4. The number of unbranched alkanes of at least 4 members (excludes halogenated alkanes) is 25. The predicted molar refractivity (Wildman–Crippen MR) is 268 cm³/mol. The molecule has 2 saturated heterocycles. The van der Waals surface area contributed by atoms with E-state index < -0.39 is 86.8 Å². The van der Waals surface area contributed by atoms with Crippen LogP contribution in [0.5, 0.6) is 0 Å². The molecule has 0 bridgehead atoms. The van der Waals surface area contributed by atoms with Crippen molar-refractivity contribution >= 4 is 5.91 Å². The second kappa shape index (κ2) is 40.8. The fraction of sp³-hybridized carbons (Fsp3) is 0.870. The molecule has 9 N–H and O–H groups in total. The molecule has 0 aromatic carbocycles. The van der Waals surface area contributed by atoms with Gasteiger partial charge < -0.3 is 65.1 Å². The largest absolute Gasteiger partial charge is 0.394 e. The molecule has 68 heavy (non-hydrogen) atoms. The van der Waals surface area contributed by atoms with E-state index in [1.165, 1.54) is 116 Å². The van der Waals surface area contributed by atoms with Crippen LogP contribution in [-0.2, 0) is 23.7 Å². The highest BCUT2D eigenvalue weighted by Crippen LogP contribution is 2.30. The Morgan fingerprint density at radius 1 is 0.529 bits per heavy atom. The zero-order valence-electron chi connectivity index (χ0n) is 42.3. The van der Waals surface area contributed by atoms with E-state index in [4.69, 9.17) is 18.9 Å². The van der Waals surface area contributed by atoms with Gasteiger partial charge in [0, 0.05) is 6.42 Å². The summed E-state index contributed by atoms with van der Waals surface area (Å²) >= 11 is 0. The minimum atomic E-state index is -1.79. The summed E-state index contributed by atoms with van der Waals surface area (Å²) in [6.07, 6.45) is 30.3. The summed E-state index contributed by atoms with van der Waals surface area (Å²) in [5.41, 5.74) is 0. The summed E-state index contributed by atoms with van der Waals surface area (Å²) < 4.78 is 22.7. The number of aliphatic hydroxyl groups excluding tert-OH is 8. The van der Waals surface area contributed by atoms with Crippen LogP contribution in [-0.4, -0.2) is 140 Å². The van der Waals surface area contributed by atoms with Gasteiger partial charge in [0.25, 0.3) is 0 Å². The summed E-state index contributed by atoms with van der Waals surface area (Å²) in [7, 11) is 0. The van der Waals surface area contributed by atoms with E-state index in [-0.39, 0.29) is 18.9 Å². The van der Waals surface area contributed by atoms with Gasteiger partial charge in [0.15, 0.2) is 12.6 Å². The molecular weight excluding hydrogens is 871 g/mol. The Morgan fingerprint density at radius 3 is 1.49 bits per heavy atom. The lowest BCUT2D eigenvalue weighted by molar-refractivity contribution is -0.359. The van der Waals surface area contributed by atoms with E-state index in [1.807, 2.05) is 6.08 Å². The number of hydrogen-bond acceptors (Lipinski definition) is 13. The SMILES string of the molecule is CCCCCC/C=C\C/C=C\CCCCCCCC(=O)NC(COC1OC(CO)C(OC2OC(CO)C(O)C(O)C2O)C(O)C1O)C(O)/C=C/CCCCCCCCCCCCCCCCCC. The first-order chi connectivity index (χ1) is 33.1. The van der Waals surface area contributed by atoms with Gasteiger partial charge in [-0.3, -0.25) is 4.79 Å². The van der Waals surface area contributed by atoms with Gasteiger partial charge in [0.05, 0.1) is 32.0 Å². The molecule has 2 aliphatic rings. The maximum absolute atomic E-state index is 13.2. The molecule has 0 spiro atoms. The number of carbonyl (C=O) groups is 1. The highest BCUT2D eigenvalue weighted by atomic mass is 16.7. The second-order valence-corrected chi connectivity index (χ2v) is 19.4. The molecule has 14 nitrogen and oxygen atoms in total. The van der Waals surface area contributed by atoms with Gasteiger partial charge in [-0.25, -0.2) is 0 Å². The van der Waals surface area contributed by atoms with Crippen LogP contribution < -0.4 is 5.32 Å². The van der Waals surface area contributed by atoms with Crippen LogP contribution in [0.2, 0.25) is 0 Å². The highest BCUT2D eigenvalue weighted by molar-refractivity contribution is 5.76. The molecule has 12 atom stereocenters. The maximum atomic E-state index is 13.2. The van der Waals surface area contributed by atoms with Gasteiger partial charge >= 0.3 is 0 Å². The third-order valence-corrected chi connectivity index (χ3v) is 13.3. The normalized spacial score (nSPS) is 26.6. The average molecular weight is 970 g/mol. The Morgan fingerprint density at radius 2 is 0.971 bits per heavy atom. The predicted octanol–water partition coefficient (Wildman–Crippen LogP) is 7.88. The van der Waals surface area contributed by atoms with Gasteiger partial charge in [-0.2, -0.15) is 0 Å². The summed E-state index contributed by atoms with van der Waals surface area (Å²) in [5.74, 6) is -0.253. The highest BCUT2D eigenvalue weighted by Gasteiger charge is 2.51. The molecule has 12 unspecified atom stereocenters. The fourth-order valence-corrected chi connectivity index (χ4v) is 8.85. The van der Waals surface area contributed by atoms with E-state index in [9.17, 15) is 45.6 Å². The van der Waals surface area contributed by atoms with Gasteiger partial charge in [-0.05, 0) is 51.4 Å². The van der Waals surface area contributed by atoms with Crippen LogP contribution in [0.25, 0.3) is 0 Å². The number of nitrogens with one attached hydrogen (secondary N) is 1. The van der Waals surface area contributed by atoms with Crippen molar-refractivity contribution in [3.05, 3.63) is 36.5 Å². The molecule has 0 aromatic rings. The number of allylic oxidation sites excluding steroid dienone is 5. The molecule has 398 valence electrons. The molecular formula is C54H99NO13. The summed E-state index contributed by atoms with van der Waals surface area (Å²) in [5, 5.41) is 86.9. The lowest BCUT2D eigenvalue weighted by Crippen LogP contribution is -2.65. The van der Waals surface area contributed by atoms with E-state index in [0.29, 0.717) is 6.42 Å².